The molecule has 1 fully saturated rings. The zero-order valence-electron chi connectivity index (χ0n) is 11.7. The number of rotatable bonds is 5. The zero-order chi connectivity index (χ0) is 14.5. The smallest absolute Gasteiger partial charge is 0.235 e. The average molecular weight is 322 g/mol. The second-order valence-corrected chi connectivity index (χ2v) is 6.91. The van der Waals surface area contributed by atoms with E-state index in [0.29, 0.717) is 17.7 Å². The summed E-state index contributed by atoms with van der Waals surface area (Å²) < 4.78 is 11.1. The maximum atomic E-state index is 12.0. The van der Waals surface area contributed by atoms with Gasteiger partial charge in [0.15, 0.2) is 5.82 Å². The summed E-state index contributed by atoms with van der Waals surface area (Å²) in [5, 5.41) is 3.91. The van der Waals surface area contributed by atoms with Gasteiger partial charge in [0, 0.05) is 17.7 Å². The van der Waals surface area contributed by atoms with Gasteiger partial charge in [0.25, 0.3) is 0 Å². The van der Waals surface area contributed by atoms with Crippen LogP contribution in [-0.4, -0.2) is 34.5 Å². The molecule has 0 spiro atoms. The maximum absolute atomic E-state index is 12.0. The highest BCUT2D eigenvalue weighted by molar-refractivity contribution is 8.00. The normalized spacial score (nSPS) is 18.8. The third kappa shape index (κ3) is 3.96. The first-order valence-electron chi connectivity index (χ1n) is 7.16. The fourth-order valence-corrected chi connectivity index (χ4v) is 4.00. The van der Waals surface area contributed by atoms with Crippen LogP contribution in [0.4, 0.5) is 5.82 Å². The van der Waals surface area contributed by atoms with Crippen LogP contribution in [0.1, 0.15) is 19.3 Å². The zero-order valence-corrected chi connectivity index (χ0v) is 13.3. The van der Waals surface area contributed by atoms with Crippen LogP contribution in [0.15, 0.2) is 24.3 Å². The lowest BCUT2D eigenvalue weighted by Gasteiger charge is -2.21. The van der Waals surface area contributed by atoms with Crippen molar-refractivity contribution >= 4 is 45.1 Å². The van der Waals surface area contributed by atoms with E-state index in [9.17, 15) is 4.79 Å². The van der Waals surface area contributed by atoms with Crippen LogP contribution in [0.2, 0.25) is 0 Å². The first-order chi connectivity index (χ1) is 10.3. The minimum atomic E-state index is 0.00635. The molecule has 6 heteroatoms. The molecule has 0 radical (unpaired) electrons. The van der Waals surface area contributed by atoms with E-state index >= 15 is 0 Å². The summed E-state index contributed by atoms with van der Waals surface area (Å²) in [5.41, 5.74) is 0. The van der Waals surface area contributed by atoms with Gasteiger partial charge in [0.1, 0.15) is 0 Å². The van der Waals surface area contributed by atoms with Crippen LogP contribution in [0, 0.1) is 0 Å². The Morgan fingerprint density at radius 1 is 1.43 bits per heavy atom. The lowest BCUT2D eigenvalue weighted by molar-refractivity contribution is -0.113. The fraction of sp³-hybridized carbons (Fsp3) is 0.467. The van der Waals surface area contributed by atoms with E-state index in [1.54, 1.807) is 11.8 Å². The van der Waals surface area contributed by atoms with E-state index in [2.05, 4.69) is 9.69 Å². The van der Waals surface area contributed by atoms with Crippen molar-refractivity contribution in [1.82, 2.24) is 4.37 Å². The van der Waals surface area contributed by atoms with Crippen LogP contribution in [0.25, 0.3) is 10.1 Å². The molecule has 2 heterocycles. The van der Waals surface area contributed by atoms with Crippen LogP contribution in [-0.2, 0) is 9.53 Å². The van der Waals surface area contributed by atoms with Gasteiger partial charge in [-0.1, -0.05) is 12.1 Å². The number of nitrogens with zero attached hydrogens (tertiary/aromatic N) is 1. The summed E-state index contributed by atoms with van der Waals surface area (Å²) in [6.07, 6.45) is 3.84. The molecule has 1 saturated heterocycles. The number of hydrogen-bond acceptors (Lipinski definition) is 5. The number of aromatic nitrogens is 1. The number of fused-ring (bicyclic) bond motifs is 1. The summed E-state index contributed by atoms with van der Waals surface area (Å²) >= 11 is 3.04. The van der Waals surface area contributed by atoms with E-state index < -0.39 is 0 Å². The summed E-state index contributed by atoms with van der Waals surface area (Å²) in [5.74, 6) is 2.03. The number of ether oxygens (including phenoxy) is 1. The number of carbonyl (C=O) groups excluding carboxylic acids is 1. The number of carbonyl (C=O) groups is 1. The summed E-state index contributed by atoms with van der Waals surface area (Å²) in [4.78, 5) is 12.0. The summed E-state index contributed by atoms with van der Waals surface area (Å²) in [6, 6.07) is 7.93. The lowest BCUT2D eigenvalue weighted by Crippen LogP contribution is -2.23. The Bertz CT molecular complexity index is 608. The molecule has 1 atom stereocenters. The number of benzene rings is 1. The van der Waals surface area contributed by atoms with Crippen molar-refractivity contribution in [3.8, 4) is 0 Å². The average Bonchev–Trinajstić information content (AvgIpc) is 2.92. The van der Waals surface area contributed by atoms with Crippen molar-refractivity contribution < 1.29 is 9.53 Å². The van der Waals surface area contributed by atoms with E-state index in [4.69, 9.17) is 4.74 Å². The molecular weight excluding hydrogens is 304 g/mol. The molecule has 2 aromatic rings. The minimum Gasteiger partial charge on any atom is -0.377 e. The molecule has 0 bridgehead atoms. The van der Waals surface area contributed by atoms with Crippen LogP contribution in [0.5, 0.6) is 0 Å². The van der Waals surface area contributed by atoms with Gasteiger partial charge < -0.3 is 10.1 Å². The molecule has 1 aromatic heterocycles. The highest BCUT2D eigenvalue weighted by Crippen LogP contribution is 2.26. The van der Waals surface area contributed by atoms with E-state index in [1.165, 1.54) is 24.4 Å². The standard InChI is InChI=1S/C15H18N2O2S2/c18-14(10-20-9-11-5-3-4-8-19-11)16-15-12-6-1-2-7-13(12)21-17-15/h1-2,6-7,11H,3-5,8-10H2,(H,16,17,18). The van der Waals surface area contributed by atoms with Gasteiger partial charge in [-0.2, -0.15) is 4.37 Å². The SMILES string of the molecule is O=C(CSCC1CCCCO1)Nc1nsc2ccccc12. The number of nitrogens with one attached hydrogen (secondary N) is 1. The highest BCUT2D eigenvalue weighted by Gasteiger charge is 2.15. The number of anilines is 1. The molecule has 1 aliphatic rings. The molecule has 21 heavy (non-hydrogen) atoms. The van der Waals surface area contributed by atoms with Crippen molar-refractivity contribution in [3.05, 3.63) is 24.3 Å². The molecule has 0 aliphatic carbocycles. The van der Waals surface area contributed by atoms with Crippen molar-refractivity contribution in [2.24, 2.45) is 0 Å². The molecule has 4 nitrogen and oxygen atoms in total. The topological polar surface area (TPSA) is 51.2 Å². The Morgan fingerprint density at radius 3 is 3.19 bits per heavy atom. The predicted octanol–water partition coefficient (Wildman–Crippen LogP) is 3.54. The monoisotopic (exact) mass is 322 g/mol. The second-order valence-electron chi connectivity index (χ2n) is 5.08. The van der Waals surface area contributed by atoms with Gasteiger partial charge in [0.05, 0.1) is 16.6 Å². The lowest BCUT2D eigenvalue weighted by atomic mass is 10.1. The van der Waals surface area contributed by atoms with Crippen LogP contribution < -0.4 is 5.32 Å². The van der Waals surface area contributed by atoms with E-state index in [0.717, 1.165) is 28.9 Å². The Balaban J connectivity index is 1.47. The van der Waals surface area contributed by atoms with Crippen molar-refractivity contribution in [2.45, 2.75) is 25.4 Å². The van der Waals surface area contributed by atoms with E-state index in [-0.39, 0.29) is 5.91 Å². The second kappa shape index (κ2) is 7.24. The Hall–Kier alpha value is -1.11. The van der Waals surface area contributed by atoms with Gasteiger partial charge in [0.2, 0.25) is 5.91 Å². The number of thioether (sulfide) groups is 1. The molecule has 112 valence electrons. The fourth-order valence-electron chi connectivity index (χ4n) is 2.37. The molecule has 1 N–H and O–H groups in total. The highest BCUT2D eigenvalue weighted by atomic mass is 32.2. The Morgan fingerprint density at radius 2 is 2.33 bits per heavy atom. The van der Waals surface area contributed by atoms with Gasteiger partial charge >= 0.3 is 0 Å². The van der Waals surface area contributed by atoms with Gasteiger partial charge in [-0.3, -0.25) is 4.79 Å². The Labute approximate surface area is 132 Å². The Kier molecular flexibility index (Phi) is 5.11. The van der Waals surface area contributed by atoms with E-state index in [1.807, 2.05) is 24.3 Å². The maximum Gasteiger partial charge on any atom is 0.235 e. The molecular formula is C15H18N2O2S2. The predicted molar refractivity (Wildman–Crippen MR) is 89.2 cm³/mol. The molecule has 1 aromatic carbocycles. The van der Waals surface area contributed by atoms with Gasteiger partial charge in [-0.15, -0.1) is 11.8 Å². The number of amides is 1. The third-order valence-electron chi connectivity index (χ3n) is 3.45. The van der Waals surface area contributed by atoms with Crippen LogP contribution in [0.3, 0.4) is 0 Å². The third-order valence-corrected chi connectivity index (χ3v) is 5.35. The van der Waals surface area contributed by atoms with Crippen molar-refractivity contribution in [3.63, 3.8) is 0 Å². The van der Waals surface area contributed by atoms with Crippen molar-refractivity contribution in [2.75, 3.05) is 23.4 Å². The molecule has 3 rings (SSSR count). The van der Waals surface area contributed by atoms with Gasteiger partial charge in [-0.05, 0) is 42.9 Å². The molecule has 1 aliphatic heterocycles. The first-order valence-corrected chi connectivity index (χ1v) is 9.09. The molecule has 0 saturated carbocycles. The van der Waals surface area contributed by atoms with Crippen LogP contribution >= 0.6 is 23.3 Å². The first kappa shape index (κ1) is 14.8. The largest absolute Gasteiger partial charge is 0.377 e. The molecule has 1 unspecified atom stereocenters. The minimum absolute atomic E-state index is 0.00635. The summed E-state index contributed by atoms with van der Waals surface area (Å²) in [7, 11) is 0. The van der Waals surface area contributed by atoms with Gasteiger partial charge in [-0.25, -0.2) is 0 Å². The molecule has 1 amide bonds. The van der Waals surface area contributed by atoms with Crippen molar-refractivity contribution in [1.29, 1.82) is 0 Å². The number of hydrogen-bond donors (Lipinski definition) is 1. The quantitative estimate of drug-likeness (QED) is 0.915. The summed E-state index contributed by atoms with van der Waals surface area (Å²) in [6.45, 7) is 0.863.